The van der Waals surface area contributed by atoms with Crippen molar-refractivity contribution in [3.05, 3.63) is 30.0 Å². The summed E-state index contributed by atoms with van der Waals surface area (Å²) in [6, 6.07) is 7.45. The molecule has 6 nitrogen and oxygen atoms in total. The molecule has 2 heterocycles. The van der Waals surface area contributed by atoms with E-state index in [-0.39, 0.29) is 30.0 Å². The number of sulfone groups is 1. The van der Waals surface area contributed by atoms with E-state index in [0.717, 1.165) is 16.6 Å². The van der Waals surface area contributed by atoms with Crippen molar-refractivity contribution in [3.8, 4) is 0 Å². The van der Waals surface area contributed by atoms with E-state index >= 15 is 0 Å². The summed E-state index contributed by atoms with van der Waals surface area (Å²) in [4.78, 5) is 17.3. The molecular weight excluding hydrogens is 314 g/mol. The minimum Gasteiger partial charge on any atom is -0.359 e. The van der Waals surface area contributed by atoms with Crippen LogP contribution in [0, 0.1) is 12.8 Å². The molecule has 0 bridgehead atoms. The zero-order valence-electron chi connectivity index (χ0n) is 13.3. The van der Waals surface area contributed by atoms with Crippen LogP contribution in [0.3, 0.4) is 0 Å². The number of aromatic nitrogens is 1. The van der Waals surface area contributed by atoms with Gasteiger partial charge in [0.15, 0.2) is 9.84 Å². The average Bonchev–Trinajstić information content (AvgIpc) is 2.74. The molecule has 0 spiro atoms. The molecule has 2 N–H and O–H groups in total. The number of hydrogen-bond acceptors (Lipinski definition) is 3. The Morgan fingerprint density at radius 2 is 2.13 bits per heavy atom. The third kappa shape index (κ3) is 3.67. The van der Waals surface area contributed by atoms with Crippen LogP contribution in [-0.4, -0.2) is 48.9 Å². The maximum absolute atomic E-state index is 12.4. The summed E-state index contributed by atoms with van der Waals surface area (Å²) >= 11 is 0. The minimum atomic E-state index is -3.06. The van der Waals surface area contributed by atoms with Crippen LogP contribution in [0.25, 0.3) is 10.9 Å². The van der Waals surface area contributed by atoms with Crippen molar-refractivity contribution in [1.82, 2.24) is 9.88 Å². The molecular formula is C16H21N3O3S. The fraction of sp³-hybridized carbons (Fsp3) is 0.438. The zero-order chi connectivity index (χ0) is 16.6. The summed E-state index contributed by atoms with van der Waals surface area (Å²) in [6.45, 7) is 4.54. The summed E-state index contributed by atoms with van der Waals surface area (Å²) in [6.07, 6.45) is 0. The van der Waals surface area contributed by atoms with E-state index < -0.39 is 9.84 Å². The first-order chi connectivity index (χ1) is 10.8. The zero-order valence-corrected chi connectivity index (χ0v) is 14.1. The maximum Gasteiger partial charge on any atom is 0.321 e. The SMILES string of the molecule is Cc1cc2cc(NC(=O)N3CCS(=O)(=O)C[C@@H](C)C3)ccc2[nH]1. The lowest BCUT2D eigenvalue weighted by atomic mass is 10.2. The van der Waals surface area contributed by atoms with Gasteiger partial charge in [-0.3, -0.25) is 0 Å². The highest BCUT2D eigenvalue weighted by Crippen LogP contribution is 2.20. The molecule has 124 valence electrons. The molecule has 1 saturated heterocycles. The number of hydrogen-bond donors (Lipinski definition) is 2. The molecule has 1 atom stereocenters. The van der Waals surface area contributed by atoms with Crippen molar-refractivity contribution < 1.29 is 13.2 Å². The van der Waals surface area contributed by atoms with Gasteiger partial charge in [-0.15, -0.1) is 0 Å². The van der Waals surface area contributed by atoms with Gasteiger partial charge in [0.1, 0.15) is 0 Å². The highest BCUT2D eigenvalue weighted by atomic mass is 32.2. The van der Waals surface area contributed by atoms with Crippen molar-refractivity contribution in [3.63, 3.8) is 0 Å². The molecule has 0 aliphatic carbocycles. The Kier molecular flexibility index (Phi) is 4.06. The van der Waals surface area contributed by atoms with E-state index in [9.17, 15) is 13.2 Å². The molecule has 0 unspecified atom stereocenters. The number of rotatable bonds is 1. The number of benzene rings is 1. The van der Waals surface area contributed by atoms with E-state index in [0.29, 0.717) is 12.2 Å². The molecule has 2 amide bonds. The summed E-state index contributed by atoms with van der Waals surface area (Å²) in [5.41, 5.74) is 2.80. The maximum atomic E-state index is 12.4. The molecule has 0 radical (unpaired) electrons. The van der Waals surface area contributed by atoms with Gasteiger partial charge in [0.2, 0.25) is 0 Å². The Morgan fingerprint density at radius 3 is 2.91 bits per heavy atom. The van der Waals surface area contributed by atoms with Crippen LogP contribution in [0.15, 0.2) is 24.3 Å². The molecule has 1 aliphatic heterocycles. The fourth-order valence-corrected chi connectivity index (χ4v) is 4.67. The average molecular weight is 335 g/mol. The largest absolute Gasteiger partial charge is 0.359 e. The number of nitrogens with zero attached hydrogens (tertiary/aromatic N) is 1. The van der Waals surface area contributed by atoms with Crippen LogP contribution < -0.4 is 5.32 Å². The molecule has 23 heavy (non-hydrogen) atoms. The highest BCUT2D eigenvalue weighted by molar-refractivity contribution is 7.91. The quantitative estimate of drug-likeness (QED) is 0.839. The van der Waals surface area contributed by atoms with Crippen LogP contribution in [-0.2, 0) is 9.84 Å². The third-order valence-corrected chi connectivity index (χ3v) is 5.92. The topological polar surface area (TPSA) is 82.3 Å². The number of H-pyrrole nitrogens is 1. The molecule has 7 heteroatoms. The standard InChI is InChI=1S/C16H21N3O3S/c1-11-9-19(5-6-23(21,22)10-11)16(20)18-14-3-4-15-13(8-14)7-12(2)17-15/h3-4,7-8,11,17H,5-6,9-10H2,1-2H3,(H,18,20)/t11-/m0/s1. The number of aromatic amines is 1. The Balaban J connectivity index is 1.74. The van der Waals surface area contributed by atoms with Crippen molar-refractivity contribution in [2.45, 2.75) is 13.8 Å². The van der Waals surface area contributed by atoms with Gasteiger partial charge in [0, 0.05) is 35.4 Å². The van der Waals surface area contributed by atoms with E-state index in [1.54, 1.807) is 4.90 Å². The highest BCUT2D eigenvalue weighted by Gasteiger charge is 2.26. The minimum absolute atomic E-state index is 0.0286. The van der Waals surface area contributed by atoms with Crippen LogP contribution in [0.2, 0.25) is 0 Å². The smallest absolute Gasteiger partial charge is 0.321 e. The van der Waals surface area contributed by atoms with Crippen LogP contribution in [0.4, 0.5) is 10.5 Å². The fourth-order valence-electron chi connectivity index (χ4n) is 3.03. The van der Waals surface area contributed by atoms with E-state index in [4.69, 9.17) is 0 Å². The van der Waals surface area contributed by atoms with E-state index in [1.165, 1.54) is 0 Å². The molecule has 0 saturated carbocycles. The van der Waals surface area contributed by atoms with Gasteiger partial charge in [-0.1, -0.05) is 6.92 Å². The summed E-state index contributed by atoms with van der Waals surface area (Å²) in [7, 11) is -3.06. The van der Waals surface area contributed by atoms with Gasteiger partial charge in [-0.25, -0.2) is 13.2 Å². The molecule has 2 aromatic rings. The number of carbonyl (C=O) groups excluding carboxylic acids is 1. The first-order valence-electron chi connectivity index (χ1n) is 7.68. The number of fused-ring (bicyclic) bond motifs is 1. The van der Waals surface area contributed by atoms with Gasteiger partial charge < -0.3 is 15.2 Å². The van der Waals surface area contributed by atoms with Gasteiger partial charge in [-0.05, 0) is 37.1 Å². The number of urea groups is 1. The summed E-state index contributed by atoms with van der Waals surface area (Å²) in [5.74, 6) is 0.120. The van der Waals surface area contributed by atoms with Crippen molar-refractivity contribution in [1.29, 1.82) is 0 Å². The Labute approximate surface area is 135 Å². The first-order valence-corrected chi connectivity index (χ1v) is 9.50. The normalized spacial score (nSPS) is 21.1. The number of nitrogens with one attached hydrogen (secondary N) is 2. The molecule has 1 aliphatic rings. The summed E-state index contributed by atoms with van der Waals surface area (Å²) < 4.78 is 23.6. The Bertz CT molecular complexity index is 841. The predicted octanol–water partition coefficient (Wildman–Crippen LogP) is 2.37. The second-order valence-electron chi connectivity index (χ2n) is 6.35. The van der Waals surface area contributed by atoms with E-state index in [2.05, 4.69) is 10.3 Å². The van der Waals surface area contributed by atoms with Gasteiger partial charge in [0.25, 0.3) is 0 Å². The first kappa shape index (κ1) is 15.9. The Morgan fingerprint density at radius 1 is 1.35 bits per heavy atom. The third-order valence-electron chi connectivity index (χ3n) is 4.04. The second kappa shape index (κ2) is 5.88. The van der Waals surface area contributed by atoms with Crippen molar-refractivity contribution >= 4 is 32.5 Å². The van der Waals surface area contributed by atoms with E-state index in [1.807, 2.05) is 38.1 Å². The number of amides is 2. The van der Waals surface area contributed by atoms with Crippen LogP contribution in [0.5, 0.6) is 0 Å². The van der Waals surface area contributed by atoms with Gasteiger partial charge in [0.05, 0.1) is 11.5 Å². The summed E-state index contributed by atoms with van der Waals surface area (Å²) in [5, 5.41) is 3.90. The number of carbonyl (C=O) groups is 1. The molecule has 1 aromatic heterocycles. The number of aryl methyl sites for hydroxylation is 1. The van der Waals surface area contributed by atoms with Crippen molar-refractivity contribution in [2.24, 2.45) is 5.92 Å². The molecule has 1 fully saturated rings. The predicted molar refractivity (Wildman–Crippen MR) is 91.4 cm³/mol. The number of anilines is 1. The lowest BCUT2D eigenvalue weighted by molar-refractivity contribution is 0.210. The van der Waals surface area contributed by atoms with Gasteiger partial charge >= 0.3 is 6.03 Å². The molecule has 3 rings (SSSR count). The van der Waals surface area contributed by atoms with Crippen LogP contribution >= 0.6 is 0 Å². The van der Waals surface area contributed by atoms with Gasteiger partial charge in [-0.2, -0.15) is 0 Å². The lowest BCUT2D eigenvalue weighted by Gasteiger charge is -2.22. The monoisotopic (exact) mass is 335 g/mol. The van der Waals surface area contributed by atoms with Crippen LogP contribution in [0.1, 0.15) is 12.6 Å². The molecule has 1 aromatic carbocycles. The second-order valence-corrected chi connectivity index (χ2v) is 8.58. The lowest BCUT2D eigenvalue weighted by Crippen LogP contribution is -2.38. The Hall–Kier alpha value is -2.02. The van der Waals surface area contributed by atoms with Crippen molar-refractivity contribution in [2.75, 3.05) is 29.9 Å².